The number of furan rings is 1. The van der Waals surface area contributed by atoms with Crippen LogP contribution in [0.15, 0.2) is 205 Å². The van der Waals surface area contributed by atoms with Crippen LogP contribution < -0.4 is 0 Å². The predicted octanol–water partition coefficient (Wildman–Crippen LogP) is 13.5. The van der Waals surface area contributed by atoms with E-state index in [0.717, 1.165) is 83.7 Å². The molecule has 0 unspecified atom stereocenters. The van der Waals surface area contributed by atoms with Crippen LogP contribution in [0.25, 0.3) is 111 Å². The van der Waals surface area contributed by atoms with Crippen LogP contribution in [-0.2, 0) is 0 Å². The van der Waals surface area contributed by atoms with Crippen molar-refractivity contribution in [3.63, 3.8) is 0 Å². The summed E-state index contributed by atoms with van der Waals surface area (Å²) in [4.78, 5) is 15.2. The van der Waals surface area contributed by atoms with Gasteiger partial charge in [-0.1, -0.05) is 127 Å². The maximum absolute atomic E-state index is 6.10. The van der Waals surface area contributed by atoms with Gasteiger partial charge in [-0.25, -0.2) is 15.0 Å². The molecular weight excluding hydrogens is 723 g/mol. The van der Waals surface area contributed by atoms with Crippen molar-refractivity contribution < 1.29 is 4.42 Å². The lowest BCUT2D eigenvalue weighted by atomic mass is 10.00. The molecule has 0 fully saturated rings. The van der Waals surface area contributed by atoms with Crippen molar-refractivity contribution in [2.45, 2.75) is 0 Å². The van der Waals surface area contributed by atoms with E-state index in [2.05, 4.69) is 168 Å². The van der Waals surface area contributed by atoms with Crippen LogP contribution >= 0.6 is 0 Å². The van der Waals surface area contributed by atoms with E-state index in [1.807, 2.05) is 40.9 Å². The normalized spacial score (nSPS) is 11.7. The summed E-state index contributed by atoms with van der Waals surface area (Å²) in [6.45, 7) is 0. The number of rotatable bonds is 6. The van der Waals surface area contributed by atoms with Gasteiger partial charge >= 0.3 is 0 Å². The summed E-state index contributed by atoms with van der Waals surface area (Å²) >= 11 is 0. The lowest BCUT2D eigenvalue weighted by molar-refractivity contribution is 0.669. The maximum Gasteiger partial charge on any atom is 0.160 e. The zero-order chi connectivity index (χ0) is 38.9. The van der Waals surface area contributed by atoms with Gasteiger partial charge in [-0.15, -0.1) is 0 Å². The fourth-order valence-electron chi connectivity index (χ4n) is 8.46. The topological polar surface area (TPSA) is 61.2 Å². The highest BCUT2D eigenvalue weighted by Gasteiger charge is 2.15. The minimum absolute atomic E-state index is 0.659. The van der Waals surface area contributed by atoms with Gasteiger partial charge in [0.05, 0.1) is 28.1 Å². The molecule has 0 amide bonds. The highest BCUT2D eigenvalue weighted by atomic mass is 16.3. The molecule has 5 aromatic heterocycles. The van der Waals surface area contributed by atoms with E-state index in [1.54, 1.807) is 0 Å². The molecule has 5 heterocycles. The Kier molecular flexibility index (Phi) is 7.43. The van der Waals surface area contributed by atoms with Gasteiger partial charge in [0.25, 0.3) is 0 Å². The average Bonchev–Trinajstić information content (AvgIpc) is 4.01. The third-order valence-electron chi connectivity index (χ3n) is 11.4. The molecule has 12 aromatic rings. The summed E-state index contributed by atoms with van der Waals surface area (Å²) in [5.41, 5.74) is 15.0. The highest BCUT2D eigenvalue weighted by molar-refractivity contribution is 6.09. The van der Waals surface area contributed by atoms with Crippen LogP contribution in [0.5, 0.6) is 0 Å². The summed E-state index contributed by atoms with van der Waals surface area (Å²) in [7, 11) is 0. The third-order valence-corrected chi connectivity index (χ3v) is 11.4. The molecule has 7 aromatic carbocycles. The second-order valence-electron chi connectivity index (χ2n) is 14.9. The zero-order valence-corrected chi connectivity index (χ0v) is 31.7. The van der Waals surface area contributed by atoms with Gasteiger partial charge in [0.2, 0.25) is 0 Å². The van der Waals surface area contributed by atoms with Crippen LogP contribution in [-0.4, -0.2) is 23.9 Å². The largest absolute Gasteiger partial charge is 0.456 e. The number of fused-ring (bicyclic) bond motifs is 7. The fourth-order valence-corrected chi connectivity index (χ4v) is 8.46. The van der Waals surface area contributed by atoms with Gasteiger partial charge in [0.15, 0.2) is 5.82 Å². The molecule has 6 nitrogen and oxygen atoms in total. The molecule has 0 aliphatic carbocycles. The number of hydrogen-bond donors (Lipinski definition) is 0. The standard InChI is InChI=1S/C53H33N5O/c1-4-12-48-41(9-1)42-10-2-5-13-49(42)58(48)40-27-24-36(25-28-40)46-32-45(55-53(56-46)38-22-20-37(21-23-38)47-33-57-30-8-7-15-52(57)54-47)35-18-16-34(17-19-35)39-26-29-51-44(31-39)43-11-3-6-14-50(43)59-51/h1-33H. The highest BCUT2D eigenvalue weighted by Crippen LogP contribution is 2.36. The minimum Gasteiger partial charge on any atom is -0.456 e. The Morgan fingerprint density at radius 1 is 0.373 bits per heavy atom. The number of benzene rings is 7. The SMILES string of the molecule is c1ccc2c(c1)oc1ccc(-c3ccc(-c4cc(-c5ccc(-n6c7ccccc7c7ccccc76)cc5)nc(-c5ccc(-c6cn7ccccc7n6)cc5)n4)cc3)cc12. The molecule has 6 heteroatoms. The second-order valence-corrected chi connectivity index (χ2v) is 14.9. The van der Waals surface area contributed by atoms with Crippen molar-refractivity contribution in [1.82, 2.24) is 23.9 Å². The summed E-state index contributed by atoms with van der Waals surface area (Å²) in [6.07, 6.45) is 4.07. The predicted molar refractivity (Wildman–Crippen MR) is 240 cm³/mol. The lowest BCUT2D eigenvalue weighted by Crippen LogP contribution is -1.97. The first-order chi connectivity index (χ1) is 29.2. The summed E-state index contributed by atoms with van der Waals surface area (Å²) in [5, 5.41) is 4.72. The number of aromatic nitrogens is 5. The second kappa shape index (κ2) is 13.3. The van der Waals surface area contributed by atoms with Crippen molar-refractivity contribution in [3.05, 3.63) is 200 Å². The number of hydrogen-bond acceptors (Lipinski definition) is 4. The van der Waals surface area contributed by atoms with Crippen LogP contribution in [0.3, 0.4) is 0 Å². The molecule has 0 saturated carbocycles. The molecule has 0 aliphatic rings. The Labute approximate surface area is 338 Å². The molecule has 0 bridgehead atoms. The minimum atomic E-state index is 0.659. The Hall–Kier alpha value is -8.09. The van der Waals surface area contributed by atoms with Gasteiger partial charge in [-0.2, -0.15) is 0 Å². The summed E-state index contributed by atoms with van der Waals surface area (Å²) in [5.74, 6) is 0.659. The third kappa shape index (κ3) is 5.61. The van der Waals surface area contributed by atoms with Gasteiger partial charge < -0.3 is 13.4 Å². The molecule has 0 spiro atoms. The van der Waals surface area contributed by atoms with Gasteiger partial charge in [0, 0.05) is 61.9 Å². The first-order valence-electron chi connectivity index (χ1n) is 19.7. The molecular formula is C53H33N5O. The Morgan fingerprint density at radius 2 is 0.915 bits per heavy atom. The van der Waals surface area contributed by atoms with E-state index in [0.29, 0.717) is 5.82 Å². The van der Waals surface area contributed by atoms with E-state index < -0.39 is 0 Å². The van der Waals surface area contributed by atoms with Crippen LogP contribution in [0, 0.1) is 0 Å². The van der Waals surface area contributed by atoms with E-state index in [4.69, 9.17) is 19.4 Å². The number of pyridine rings is 1. The monoisotopic (exact) mass is 755 g/mol. The molecule has 12 rings (SSSR count). The molecule has 276 valence electrons. The van der Waals surface area contributed by atoms with Crippen molar-refractivity contribution in [2.75, 3.05) is 0 Å². The average molecular weight is 756 g/mol. The Balaban J connectivity index is 0.940. The summed E-state index contributed by atoms with van der Waals surface area (Å²) < 4.78 is 10.5. The van der Waals surface area contributed by atoms with E-state index in [1.165, 1.54) is 21.8 Å². The smallest absolute Gasteiger partial charge is 0.160 e. The first-order valence-corrected chi connectivity index (χ1v) is 19.7. The molecule has 0 aliphatic heterocycles. The van der Waals surface area contributed by atoms with Crippen LogP contribution in [0.2, 0.25) is 0 Å². The summed E-state index contributed by atoms with van der Waals surface area (Å²) in [6, 6.07) is 65.7. The molecule has 0 atom stereocenters. The number of para-hydroxylation sites is 3. The number of nitrogens with zero attached hydrogens (tertiary/aromatic N) is 5. The fraction of sp³-hybridized carbons (Fsp3) is 0. The van der Waals surface area contributed by atoms with E-state index >= 15 is 0 Å². The molecule has 0 radical (unpaired) electrons. The molecule has 0 saturated heterocycles. The zero-order valence-electron chi connectivity index (χ0n) is 31.7. The molecule has 0 N–H and O–H groups in total. The van der Waals surface area contributed by atoms with E-state index in [9.17, 15) is 0 Å². The maximum atomic E-state index is 6.10. The van der Waals surface area contributed by atoms with Gasteiger partial charge in [0.1, 0.15) is 16.8 Å². The number of imidazole rings is 1. The van der Waals surface area contributed by atoms with Gasteiger partial charge in [-0.05, 0) is 71.8 Å². The van der Waals surface area contributed by atoms with Crippen molar-refractivity contribution in [3.8, 4) is 62.0 Å². The van der Waals surface area contributed by atoms with E-state index in [-0.39, 0.29) is 0 Å². The van der Waals surface area contributed by atoms with Crippen molar-refractivity contribution in [2.24, 2.45) is 0 Å². The molecule has 59 heavy (non-hydrogen) atoms. The van der Waals surface area contributed by atoms with Crippen molar-refractivity contribution >= 4 is 49.4 Å². The first kappa shape index (κ1) is 33.1. The van der Waals surface area contributed by atoms with Crippen LogP contribution in [0.1, 0.15) is 0 Å². The van der Waals surface area contributed by atoms with Crippen LogP contribution in [0.4, 0.5) is 0 Å². The lowest BCUT2D eigenvalue weighted by Gasteiger charge is -2.12. The van der Waals surface area contributed by atoms with Gasteiger partial charge in [-0.3, -0.25) is 0 Å². The Morgan fingerprint density at radius 3 is 1.61 bits per heavy atom. The quantitative estimate of drug-likeness (QED) is 0.170. The van der Waals surface area contributed by atoms with Crippen molar-refractivity contribution in [1.29, 1.82) is 0 Å². The Bertz CT molecular complexity index is 3450.